The minimum atomic E-state index is -0.511. The van der Waals surface area contributed by atoms with Gasteiger partial charge in [-0.15, -0.1) is 0 Å². The van der Waals surface area contributed by atoms with Gasteiger partial charge in [-0.3, -0.25) is 4.79 Å². The number of likely N-dealkylation sites (tertiary alicyclic amines) is 1. The Labute approximate surface area is 120 Å². The number of nitrogens with two attached hydrogens (primary N) is 1. The second-order valence-corrected chi connectivity index (χ2v) is 6.15. The number of piperidine rings is 1. The lowest BCUT2D eigenvalue weighted by Crippen LogP contribution is -2.52. The average molecular weight is 286 g/mol. The van der Waals surface area contributed by atoms with Crippen LogP contribution < -0.4 is 5.73 Å². The maximum absolute atomic E-state index is 11.9. The highest BCUT2D eigenvalue weighted by Crippen LogP contribution is 2.22. The highest BCUT2D eigenvalue weighted by atomic mass is 16.6. The molecule has 0 radical (unpaired) electrons. The number of carbonyl (C=O) groups excluding carboxylic acids is 2. The third-order valence-electron chi connectivity index (χ3n) is 3.19. The Hall–Kier alpha value is -1.30. The monoisotopic (exact) mass is 286 g/mol. The van der Waals surface area contributed by atoms with Crippen molar-refractivity contribution in [3.05, 3.63) is 0 Å². The van der Waals surface area contributed by atoms with Crippen LogP contribution in [0.4, 0.5) is 4.79 Å². The fourth-order valence-electron chi connectivity index (χ4n) is 2.21. The molecule has 0 aromatic rings. The predicted octanol–water partition coefficient (Wildman–Crippen LogP) is 1.52. The largest absolute Gasteiger partial charge is 0.466 e. The maximum atomic E-state index is 11.9. The minimum Gasteiger partial charge on any atom is -0.466 e. The summed E-state index contributed by atoms with van der Waals surface area (Å²) in [7, 11) is 0. The molecule has 2 unspecified atom stereocenters. The van der Waals surface area contributed by atoms with E-state index in [2.05, 4.69) is 0 Å². The topological polar surface area (TPSA) is 81.9 Å². The number of esters is 1. The number of hydrogen-bond donors (Lipinski definition) is 1. The molecule has 0 aliphatic carbocycles. The lowest BCUT2D eigenvalue weighted by Gasteiger charge is -2.37. The molecule has 0 saturated carbocycles. The summed E-state index contributed by atoms with van der Waals surface area (Å²) in [5.41, 5.74) is 5.55. The van der Waals surface area contributed by atoms with Crippen molar-refractivity contribution in [1.29, 1.82) is 0 Å². The molecule has 1 fully saturated rings. The summed E-state index contributed by atoms with van der Waals surface area (Å²) in [5, 5.41) is 0. The molecule has 1 amide bonds. The van der Waals surface area contributed by atoms with E-state index in [9.17, 15) is 9.59 Å². The van der Waals surface area contributed by atoms with E-state index >= 15 is 0 Å². The van der Waals surface area contributed by atoms with Crippen molar-refractivity contribution in [1.82, 2.24) is 4.90 Å². The van der Waals surface area contributed by atoms with Crippen LogP contribution in [0.25, 0.3) is 0 Å². The van der Waals surface area contributed by atoms with Crippen LogP contribution in [0, 0.1) is 5.92 Å². The average Bonchev–Trinajstić information content (AvgIpc) is 2.29. The summed E-state index contributed by atoms with van der Waals surface area (Å²) in [6.07, 6.45) is 0.665. The smallest absolute Gasteiger partial charge is 0.410 e. The molecule has 1 aliphatic heterocycles. The van der Waals surface area contributed by atoms with Gasteiger partial charge >= 0.3 is 12.1 Å². The van der Waals surface area contributed by atoms with Crippen molar-refractivity contribution < 1.29 is 19.1 Å². The zero-order valence-electron chi connectivity index (χ0n) is 12.8. The number of nitrogens with zero attached hydrogens (tertiary/aromatic N) is 1. The van der Waals surface area contributed by atoms with Gasteiger partial charge in [-0.1, -0.05) is 0 Å². The molecular weight excluding hydrogens is 260 g/mol. The van der Waals surface area contributed by atoms with E-state index in [1.807, 2.05) is 20.8 Å². The van der Waals surface area contributed by atoms with Crippen LogP contribution in [0.2, 0.25) is 0 Å². The third-order valence-corrected chi connectivity index (χ3v) is 3.19. The molecule has 1 saturated heterocycles. The van der Waals surface area contributed by atoms with Crippen molar-refractivity contribution in [3.8, 4) is 0 Å². The van der Waals surface area contributed by atoms with E-state index in [1.165, 1.54) is 0 Å². The Kier molecular flexibility index (Phi) is 5.80. The van der Waals surface area contributed by atoms with Crippen LogP contribution in [0.1, 0.15) is 40.5 Å². The van der Waals surface area contributed by atoms with E-state index in [0.29, 0.717) is 32.5 Å². The van der Waals surface area contributed by atoms with Gasteiger partial charge in [0.1, 0.15) is 5.60 Å². The second kappa shape index (κ2) is 6.92. The molecule has 1 heterocycles. The minimum absolute atomic E-state index is 0.0627. The number of amides is 1. The van der Waals surface area contributed by atoms with E-state index in [0.717, 1.165) is 0 Å². The Bertz CT molecular complexity index is 352. The van der Waals surface area contributed by atoms with Crippen LogP contribution in [-0.2, 0) is 14.3 Å². The van der Waals surface area contributed by atoms with Crippen LogP contribution >= 0.6 is 0 Å². The molecule has 20 heavy (non-hydrogen) atoms. The van der Waals surface area contributed by atoms with Crippen LogP contribution in [-0.4, -0.2) is 48.3 Å². The first-order chi connectivity index (χ1) is 9.23. The van der Waals surface area contributed by atoms with Gasteiger partial charge in [0.2, 0.25) is 0 Å². The van der Waals surface area contributed by atoms with Crippen molar-refractivity contribution in [2.75, 3.05) is 19.7 Å². The Morgan fingerprint density at radius 1 is 1.35 bits per heavy atom. The SMILES string of the molecule is CCOC(=O)CC1CCN(C(=O)OC(C)(C)C)CC1N. The molecule has 2 atom stereocenters. The summed E-state index contributed by atoms with van der Waals surface area (Å²) < 4.78 is 10.3. The molecule has 0 aromatic carbocycles. The van der Waals surface area contributed by atoms with Gasteiger partial charge in [-0.2, -0.15) is 0 Å². The molecule has 1 aliphatic rings. The fraction of sp³-hybridized carbons (Fsp3) is 0.857. The highest BCUT2D eigenvalue weighted by molar-refractivity contribution is 5.70. The third kappa shape index (κ3) is 5.36. The lowest BCUT2D eigenvalue weighted by atomic mass is 9.89. The van der Waals surface area contributed by atoms with Crippen LogP contribution in [0.5, 0.6) is 0 Å². The summed E-state index contributed by atoms with van der Waals surface area (Å²) in [6, 6.07) is -0.222. The van der Waals surface area contributed by atoms with Gasteiger partial charge in [0.25, 0.3) is 0 Å². The first-order valence-electron chi connectivity index (χ1n) is 7.12. The van der Waals surface area contributed by atoms with Gasteiger partial charge in [0.15, 0.2) is 0 Å². The first-order valence-corrected chi connectivity index (χ1v) is 7.12. The quantitative estimate of drug-likeness (QED) is 0.795. The molecule has 0 aromatic heterocycles. The molecular formula is C14H26N2O4. The molecule has 0 bridgehead atoms. The van der Waals surface area contributed by atoms with Gasteiger partial charge in [-0.25, -0.2) is 4.79 Å². The normalized spacial score (nSPS) is 23.4. The number of carbonyl (C=O) groups is 2. The molecule has 6 heteroatoms. The zero-order valence-corrected chi connectivity index (χ0v) is 12.8. The molecule has 6 nitrogen and oxygen atoms in total. The Balaban J connectivity index is 2.46. The van der Waals surface area contributed by atoms with Crippen molar-refractivity contribution in [3.63, 3.8) is 0 Å². The predicted molar refractivity (Wildman–Crippen MR) is 75.1 cm³/mol. The van der Waals surface area contributed by atoms with E-state index in [1.54, 1.807) is 11.8 Å². The maximum Gasteiger partial charge on any atom is 0.410 e. The van der Waals surface area contributed by atoms with Crippen molar-refractivity contribution in [2.45, 2.75) is 52.2 Å². The number of rotatable bonds is 3. The Morgan fingerprint density at radius 2 is 2.00 bits per heavy atom. The van der Waals surface area contributed by atoms with Crippen molar-refractivity contribution >= 4 is 12.1 Å². The standard InChI is InChI=1S/C14H26N2O4/c1-5-19-12(17)8-10-6-7-16(9-11(10)15)13(18)20-14(2,3)4/h10-11H,5-9,15H2,1-4H3. The Morgan fingerprint density at radius 3 is 2.50 bits per heavy atom. The van der Waals surface area contributed by atoms with Gasteiger partial charge < -0.3 is 20.1 Å². The molecule has 1 rings (SSSR count). The second-order valence-electron chi connectivity index (χ2n) is 6.15. The van der Waals surface area contributed by atoms with Crippen molar-refractivity contribution in [2.24, 2.45) is 11.7 Å². The van der Waals surface area contributed by atoms with Crippen LogP contribution in [0.3, 0.4) is 0 Å². The van der Waals surface area contributed by atoms with Gasteiger partial charge in [0, 0.05) is 25.6 Å². The summed E-state index contributed by atoms with van der Waals surface area (Å²) >= 11 is 0. The lowest BCUT2D eigenvalue weighted by molar-refractivity contribution is -0.144. The number of hydrogen-bond acceptors (Lipinski definition) is 5. The van der Waals surface area contributed by atoms with E-state index in [4.69, 9.17) is 15.2 Å². The molecule has 2 N–H and O–H groups in total. The van der Waals surface area contributed by atoms with Crippen LogP contribution in [0.15, 0.2) is 0 Å². The van der Waals surface area contributed by atoms with Gasteiger partial charge in [0.05, 0.1) is 6.61 Å². The van der Waals surface area contributed by atoms with Gasteiger partial charge in [-0.05, 0) is 40.0 Å². The van der Waals surface area contributed by atoms with E-state index in [-0.39, 0.29) is 24.0 Å². The summed E-state index contributed by atoms with van der Waals surface area (Å²) in [4.78, 5) is 25.0. The summed E-state index contributed by atoms with van der Waals surface area (Å²) in [6.45, 7) is 8.63. The molecule has 0 spiro atoms. The highest BCUT2D eigenvalue weighted by Gasteiger charge is 2.32. The zero-order chi connectivity index (χ0) is 15.3. The number of ether oxygens (including phenoxy) is 2. The molecule has 116 valence electrons. The fourth-order valence-corrected chi connectivity index (χ4v) is 2.21. The summed E-state index contributed by atoms with van der Waals surface area (Å²) in [5.74, 6) is -0.161. The van der Waals surface area contributed by atoms with E-state index < -0.39 is 5.60 Å². The first kappa shape index (κ1) is 16.8.